The van der Waals surface area contributed by atoms with Crippen molar-refractivity contribution in [2.45, 2.75) is 37.5 Å². The Hall–Kier alpha value is -1.41. The highest BCUT2D eigenvalue weighted by Gasteiger charge is 2.18. The monoisotopic (exact) mass is 442 g/mol. The van der Waals surface area contributed by atoms with Crippen LogP contribution in [0, 0.1) is 0 Å². The van der Waals surface area contributed by atoms with Crippen LogP contribution in [0.3, 0.4) is 0 Å². The standard InChI is InChI=1S/C19H23BrO5S/c1-4-23-13-24-12-15-11-17(7-10-19(15)20)25-16-5-8-18(9-6-16)26(21,22)14(2)3/h5-11,14H,4,12-13H2,1-3H3. The Kier molecular flexibility index (Phi) is 7.64. The van der Waals surface area contributed by atoms with E-state index in [1.54, 1.807) is 38.1 Å². The Morgan fingerprint density at radius 3 is 2.27 bits per heavy atom. The number of hydrogen-bond donors (Lipinski definition) is 0. The molecule has 0 N–H and O–H groups in total. The minimum absolute atomic E-state index is 0.236. The summed E-state index contributed by atoms with van der Waals surface area (Å²) in [6, 6.07) is 12.0. The van der Waals surface area contributed by atoms with Gasteiger partial charge < -0.3 is 14.2 Å². The van der Waals surface area contributed by atoms with Crippen LogP contribution in [-0.2, 0) is 25.9 Å². The van der Waals surface area contributed by atoms with Crippen LogP contribution in [-0.4, -0.2) is 27.1 Å². The molecule has 2 rings (SSSR count). The molecule has 2 aromatic carbocycles. The third-order valence-corrected chi connectivity index (χ3v) is 6.60. The minimum Gasteiger partial charge on any atom is -0.457 e. The van der Waals surface area contributed by atoms with Crippen molar-refractivity contribution < 1.29 is 22.6 Å². The molecule has 0 spiro atoms. The Bertz CT molecular complexity index is 816. The smallest absolute Gasteiger partial charge is 0.180 e. The van der Waals surface area contributed by atoms with E-state index in [1.807, 2.05) is 25.1 Å². The van der Waals surface area contributed by atoms with Crippen molar-refractivity contribution in [3.63, 3.8) is 0 Å². The van der Waals surface area contributed by atoms with Crippen LogP contribution < -0.4 is 4.74 Å². The molecule has 0 fully saturated rings. The second kappa shape index (κ2) is 9.50. The minimum atomic E-state index is -3.28. The van der Waals surface area contributed by atoms with E-state index < -0.39 is 15.1 Å². The molecule has 0 aliphatic carbocycles. The molecule has 7 heteroatoms. The third-order valence-electron chi connectivity index (χ3n) is 3.65. The quantitative estimate of drug-likeness (QED) is 0.406. The maximum atomic E-state index is 12.2. The molecular formula is C19H23BrO5S. The summed E-state index contributed by atoms with van der Waals surface area (Å²) < 4.78 is 41.7. The topological polar surface area (TPSA) is 61.8 Å². The van der Waals surface area contributed by atoms with Gasteiger partial charge >= 0.3 is 0 Å². The van der Waals surface area contributed by atoms with E-state index in [4.69, 9.17) is 14.2 Å². The zero-order valence-electron chi connectivity index (χ0n) is 15.1. The zero-order valence-corrected chi connectivity index (χ0v) is 17.5. The summed E-state index contributed by atoms with van der Waals surface area (Å²) in [4.78, 5) is 0.292. The van der Waals surface area contributed by atoms with Crippen molar-refractivity contribution in [2.75, 3.05) is 13.4 Å². The summed E-state index contributed by atoms with van der Waals surface area (Å²) in [5, 5.41) is -0.458. The first-order valence-corrected chi connectivity index (χ1v) is 10.6. The highest BCUT2D eigenvalue weighted by atomic mass is 79.9. The summed E-state index contributed by atoms with van der Waals surface area (Å²) in [6.45, 7) is 6.47. The van der Waals surface area contributed by atoms with Gasteiger partial charge in [0.15, 0.2) is 9.84 Å². The first-order valence-electron chi connectivity index (χ1n) is 8.30. The van der Waals surface area contributed by atoms with Crippen LogP contribution in [0.25, 0.3) is 0 Å². The van der Waals surface area contributed by atoms with Crippen molar-refractivity contribution in [1.29, 1.82) is 0 Å². The van der Waals surface area contributed by atoms with Gasteiger partial charge in [-0.05, 0) is 68.8 Å². The Labute approximate surface area is 163 Å². The number of hydrogen-bond acceptors (Lipinski definition) is 5. The lowest BCUT2D eigenvalue weighted by Crippen LogP contribution is -2.13. The third kappa shape index (κ3) is 5.54. The molecule has 0 aliphatic rings. The van der Waals surface area contributed by atoms with E-state index in [2.05, 4.69) is 15.9 Å². The van der Waals surface area contributed by atoms with E-state index in [9.17, 15) is 8.42 Å². The van der Waals surface area contributed by atoms with E-state index in [0.29, 0.717) is 29.6 Å². The first-order chi connectivity index (χ1) is 12.3. The van der Waals surface area contributed by atoms with Gasteiger partial charge in [-0.15, -0.1) is 0 Å². The lowest BCUT2D eigenvalue weighted by molar-refractivity contribution is -0.0573. The normalized spacial score (nSPS) is 11.7. The molecule has 0 unspecified atom stereocenters. The second-order valence-electron chi connectivity index (χ2n) is 5.88. The summed E-state index contributed by atoms with van der Waals surface area (Å²) in [6.07, 6.45) is 0. The van der Waals surface area contributed by atoms with E-state index in [0.717, 1.165) is 10.0 Å². The highest BCUT2D eigenvalue weighted by Crippen LogP contribution is 2.28. The van der Waals surface area contributed by atoms with Crippen LogP contribution in [0.5, 0.6) is 11.5 Å². The molecule has 0 heterocycles. The Balaban J connectivity index is 2.08. The highest BCUT2D eigenvalue weighted by molar-refractivity contribution is 9.10. The van der Waals surface area contributed by atoms with Crippen LogP contribution in [0.4, 0.5) is 0 Å². The Morgan fingerprint density at radius 2 is 1.65 bits per heavy atom. The largest absolute Gasteiger partial charge is 0.457 e. The Morgan fingerprint density at radius 1 is 1.00 bits per heavy atom. The van der Waals surface area contributed by atoms with Gasteiger partial charge in [-0.3, -0.25) is 0 Å². The van der Waals surface area contributed by atoms with Gasteiger partial charge in [0.2, 0.25) is 0 Å². The summed E-state index contributed by atoms with van der Waals surface area (Å²) in [5.41, 5.74) is 0.932. The fourth-order valence-corrected chi connectivity index (χ4v) is 3.55. The summed E-state index contributed by atoms with van der Waals surface area (Å²) in [7, 11) is -3.28. The number of benzene rings is 2. The number of rotatable bonds is 9. The SMILES string of the molecule is CCOCOCc1cc(Oc2ccc(S(=O)(=O)C(C)C)cc2)ccc1Br. The summed E-state index contributed by atoms with van der Waals surface area (Å²) >= 11 is 3.49. The molecular weight excluding hydrogens is 420 g/mol. The van der Waals surface area contributed by atoms with E-state index >= 15 is 0 Å². The average molecular weight is 443 g/mol. The van der Waals surface area contributed by atoms with Crippen molar-refractivity contribution in [3.05, 3.63) is 52.5 Å². The molecule has 0 saturated carbocycles. The molecule has 2 aromatic rings. The fourth-order valence-electron chi connectivity index (χ4n) is 2.12. The van der Waals surface area contributed by atoms with Crippen molar-refractivity contribution in [3.8, 4) is 11.5 Å². The zero-order chi connectivity index (χ0) is 19.2. The molecule has 0 bridgehead atoms. The number of ether oxygens (including phenoxy) is 3. The van der Waals surface area contributed by atoms with Crippen LogP contribution >= 0.6 is 15.9 Å². The molecule has 0 atom stereocenters. The molecule has 142 valence electrons. The predicted molar refractivity (Wildman–Crippen MR) is 104 cm³/mol. The van der Waals surface area contributed by atoms with Crippen molar-refractivity contribution in [1.82, 2.24) is 0 Å². The van der Waals surface area contributed by atoms with Gasteiger partial charge in [-0.2, -0.15) is 0 Å². The lowest BCUT2D eigenvalue weighted by Gasteiger charge is -2.11. The predicted octanol–water partition coefficient (Wildman–Crippen LogP) is 4.93. The van der Waals surface area contributed by atoms with Gasteiger partial charge in [0, 0.05) is 11.1 Å². The fraction of sp³-hybridized carbons (Fsp3) is 0.368. The number of sulfone groups is 1. The van der Waals surface area contributed by atoms with Gasteiger partial charge in [0.25, 0.3) is 0 Å². The molecule has 0 saturated heterocycles. The van der Waals surface area contributed by atoms with Crippen LogP contribution in [0.2, 0.25) is 0 Å². The lowest BCUT2D eigenvalue weighted by atomic mass is 10.2. The van der Waals surface area contributed by atoms with E-state index in [1.165, 1.54) is 0 Å². The maximum absolute atomic E-state index is 12.2. The first kappa shape index (κ1) is 20.9. The summed E-state index contributed by atoms with van der Waals surface area (Å²) in [5.74, 6) is 1.21. The average Bonchev–Trinajstić information content (AvgIpc) is 2.61. The molecule has 0 aliphatic heterocycles. The van der Waals surface area contributed by atoms with Gasteiger partial charge in [-0.1, -0.05) is 15.9 Å². The molecule has 0 amide bonds. The molecule has 26 heavy (non-hydrogen) atoms. The van der Waals surface area contributed by atoms with Gasteiger partial charge in [-0.25, -0.2) is 8.42 Å². The maximum Gasteiger partial charge on any atom is 0.180 e. The van der Waals surface area contributed by atoms with Crippen molar-refractivity contribution >= 4 is 25.8 Å². The molecule has 0 aromatic heterocycles. The number of halogens is 1. The van der Waals surface area contributed by atoms with Gasteiger partial charge in [0.1, 0.15) is 18.3 Å². The molecule has 5 nitrogen and oxygen atoms in total. The van der Waals surface area contributed by atoms with E-state index in [-0.39, 0.29) is 6.79 Å². The van der Waals surface area contributed by atoms with Gasteiger partial charge in [0.05, 0.1) is 16.8 Å². The molecule has 0 radical (unpaired) electrons. The van der Waals surface area contributed by atoms with Crippen molar-refractivity contribution in [2.24, 2.45) is 0 Å². The van der Waals surface area contributed by atoms with Crippen LogP contribution in [0.1, 0.15) is 26.3 Å². The second-order valence-corrected chi connectivity index (χ2v) is 9.24. The van der Waals surface area contributed by atoms with Crippen LogP contribution in [0.15, 0.2) is 51.8 Å².